The van der Waals surface area contributed by atoms with Gasteiger partial charge in [0.2, 0.25) is 0 Å². The second kappa shape index (κ2) is 10.9. The molecule has 0 aliphatic carbocycles. The van der Waals surface area contributed by atoms with Crippen molar-refractivity contribution in [3.63, 3.8) is 0 Å². The van der Waals surface area contributed by atoms with E-state index in [1.165, 1.54) is 19.3 Å². The predicted octanol–water partition coefficient (Wildman–Crippen LogP) is 1.89. The van der Waals surface area contributed by atoms with Gasteiger partial charge in [0.25, 0.3) is 0 Å². The number of aliphatic carboxylic acids is 1. The van der Waals surface area contributed by atoms with Crippen LogP contribution < -0.4 is 5.32 Å². The molecule has 0 aromatic carbocycles. The summed E-state index contributed by atoms with van der Waals surface area (Å²) < 4.78 is 5.15. The van der Waals surface area contributed by atoms with Crippen LogP contribution in [0.4, 0.5) is 0 Å². The van der Waals surface area contributed by atoms with E-state index in [-0.39, 0.29) is 6.42 Å². The minimum Gasteiger partial charge on any atom is -0.481 e. The van der Waals surface area contributed by atoms with Gasteiger partial charge in [0.15, 0.2) is 0 Å². The maximum absolute atomic E-state index is 10.2. The lowest BCUT2D eigenvalue weighted by atomic mass is 10.1. The average molecular weight is 231 g/mol. The van der Waals surface area contributed by atoms with Crippen molar-refractivity contribution >= 4 is 5.97 Å². The Hall–Kier alpha value is -0.610. The number of rotatable bonds is 11. The van der Waals surface area contributed by atoms with Crippen LogP contribution in [0.15, 0.2) is 0 Å². The molecule has 0 aliphatic rings. The lowest BCUT2D eigenvalue weighted by molar-refractivity contribution is -0.138. The molecule has 0 aromatic rings. The summed E-state index contributed by atoms with van der Waals surface area (Å²) in [6, 6.07) is 0. The summed E-state index contributed by atoms with van der Waals surface area (Å²) in [6.07, 6.45) is 3.85. The number of carboxylic acids is 1. The summed E-state index contributed by atoms with van der Waals surface area (Å²) in [4.78, 5) is 10.2. The molecule has 16 heavy (non-hydrogen) atoms. The van der Waals surface area contributed by atoms with E-state index in [2.05, 4.69) is 19.2 Å². The Morgan fingerprint density at radius 1 is 1.25 bits per heavy atom. The summed E-state index contributed by atoms with van der Waals surface area (Å²) in [7, 11) is 0. The molecule has 0 aromatic heterocycles. The van der Waals surface area contributed by atoms with Crippen molar-refractivity contribution in [1.29, 1.82) is 0 Å². The summed E-state index contributed by atoms with van der Waals surface area (Å²) in [5.41, 5.74) is 0. The van der Waals surface area contributed by atoms with Gasteiger partial charge in [-0.15, -0.1) is 0 Å². The van der Waals surface area contributed by atoms with Crippen molar-refractivity contribution in [3.8, 4) is 0 Å². The topological polar surface area (TPSA) is 58.6 Å². The van der Waals surface area contributed by atoms with Crippen molar-refractivity contribution in [2.24, 2.45) is 5.92 Å². The lowest BCUT2D eigenvalue weighted by Gasteiger charge is -2.06. The van der Waals surface area contributed by atoms with Crippen LogP contribution in [0.1, 0.15) is 39.5 Å². The molecule has 0 rings (SSSR count). The second-order valence-electron chi connectivity index (χ2n) is 4.40. The molecule has 0 heterocycles. The molecule has 0 bridgehead atoms. The Morgan fingerprint density at radius 3 is 2.62 bits per heavy atom. The number of ether oxygens (including phenoxy) is 1. The molecule has 0 atom stereocenters. The van der Waals surface area contributed by atoms with Crippen LogP contribution in [0.25, 0.3) is 0 Å². The molecule has 2 N–H and O–H groups in total. The first kappa shape index (κ1) is 15.4. The van der Waals surface area contributed by atoms with Crippen LogP contribution in [0, 0.1) is 5.92 Å². The molecule has 0 unspecified atom stereocenters. The maximum Gasteiger partial charge on any atom is 0.305 e. The smallest absolute Gasteiger partial charge is 0.305 e. The molecule has 0 amide bonds. The maximum atomic E-state index is 10.2. The van der Waals surface area contributed by atoms with Gasteiger partial charge in [-0.25, -0.2) is 0 Å². The summed E-state index contributed by atoms with van der Waals surface area (Å²) in [5, 5.41) is 11.6. The van der Waals surface area contributed by atoms with Gasteiger partial charge in [-0.1, -0.05) is 26.7 Å². The highest BCUT2D eigenvalue weighted by Gasteiger charge is 1.96. The number of nitrogens with one attached hydrogen (secondary N) is 1. The number of hydrogen-bond acceptors (Lipinski definition) is 3. The normalized spacial score (nSPS) is 10.9. The molecule has 0 radical (unpaired) electrons. The van der Waals surface area contributed by atoms with Crippen molar-refractivity contribution < 1.29 is 14.6 Å². The molecule has 0 spiro atoms. The van der Waals surface area contributed by atoms with E-state index in [0.717, 1.165) is 19.0 Å². The fourth-order valence-corrected chi connectivity index (χ4v) is 1.33. The minimum absolute atomic E-state index is 0.0917. The number of carbonyl (C=O) groups is 1. The first-order valence-electron chi connectivity index (χ1n) is 6.13. The highest BCUT2D eigenvalue weighted by Crippen LogP contribution is 2.04. The van der Waals surface area contributed by atoms with E-state index in [4.69, 9.17) is 9.84 Å². The van der Waals surface area contributed by atoms with Gasteiger partial charge >= 0.3 is 5.97 Å². The Bertz CT molecular complexity index is 172. The Labute approximate surface area is 98.4 Å². The average Bonchev–Trinajstić information content (AvgIpc) is 2.20. The number of unbranched alkanes of at least 4 members (excludes halogenated alkanes) is 1. The van der Waals surface area contributed by atoms with Crippen molar-refractivity contribution in [2.45, 2.75) is 39.5 Å². The summed E-state index contributed by atoms with van der Waals surface area (Å²) in [5.74, 6) is -0.0130. The van der Waals surface area contributed by atoms with Gasteiger partial charge in [-0.3, -0.25) is 4.79 Å². The molecule has 0 saturated heterocycles. The van der Waals surface area contributed by atoms with Gasteiger partial charge in [-0.05, 0) is 18.9 Å². The summed E-state index contributed by atoms with van der Waals surface area (Å²) >= 11 is 0. The molecule has 0 aliphatic heterocycles. The monoisotopic (exact) mass is 231 g/mol. The van der Waals surface area contributed by atoms with E-state index < -0.39 is 5.97 Å². The van der Waals surface area contributed by atoms with Crippen molar-refractivity contribution in [1.82, 2.24) is 5.32 Å². The van der Waals surface area contributed by atoms with Crippen LogP contribution in [0.5, 0.6) is 0 Å². The van der Waals surface area contributed by atoms with E-state index in [1.807, 2.05) is 0 Å². The highest BCUT2D eigenvalue weighted by atomic mass is 16.5. The largest absolute Gasteiger partial charge is 0.481 e. The first-order chi connectivity index (χ1) is 7.63. The lowest BCUT2D eigenvalue weighted by Crippen LogP contribution is -2.21. The van der Waals surface area contributed by atoms with Gasteiger partial charge in [0, 0.05) is 6.54 Å². The number of hydrogen-bond donors (Lipinski definition) is 2. The number of carboxylic acid groups (broad SMARTS) is 1. The zero-order valence-electron chi connectivity index (χ0n) is 10.5. The predicted molar refractivity (Wildman–Crippen MR) is 64.6 cm³/mol. The third-order valence-corrected chi connectivity index (χ3v) is 2.27. The molecule has 4 heteroatoms. The minimum atomic E-state index is -0.804. The molecular weight excluding hydrogens is 206 g/mol. The summed E-state index contributed by atoms with van der Waals surface area (Å²) in [6.45, 7) is 7.21. The fraction of sp³-hybridized carbons (Fsp3) is 0.917. The van der Waals surface area contributed by atoms with E-state index in [1.54, 1.807) is 0 Å². The Kier molecular flexibility index (Phi) is 10.5. The van der Waals surface area contributed by atoms with Crippen LogP contribution in [-0.4, -0.2) is 37.4 Å². The molecular formula is C12H25NO3. The third kappa shape index (κ3) is 13.4. The zero-order valence-corrected chi connectivity index (χ0v) is 10.5. The van der Waals surface area contributed by atoms with Crippen LogP contribution >= 0.6 is 0 Å². The molecule has 4 nitrogen and oxygen atoms in total. The van der Waals surface area contributed by atoms with E-state index >= 15 is 0 Å². The van der Waals surface area contributed by atoms with E-state index in [9.17, 15) is 4.79 Å². The first-order valence-corrected chi connectivity index (χ1v) is 6.13. The third-order valence-electron chi connectivity index (χ3n) is 2.27. The molecule has 0 saturated carbocycles. The standard InChI is InChI=1S/C12H25NO3/c1-11(2)5-3-4-7-13-8-10-16-9-6-12(14)15/h11,13H,3-10H2,1-2H3,(H,14,15). The molecule has 96 valence electrons. The van der Waals surface area contributed by atoms with E-state index in [0.29, 0.717) is 13.2 Å². The highest BCUT2D eigenvalue weighted by molar-refractivity contribution is 5.66. The molecule has 0 fully saturated rings. The van der Waals surface area contributed by atoms with Gasteiger partial charge in [-0.2, -0.15) is 0 Å². The van der Waals surface area contributed by atoms with Gasteiger partial charge in [0.1, 0.15) is 0 Å². The Morgan fingerprint density at radius 2 is 2.00 bits per heavy atom. The fourth-order valence-electron chi connectivity index (χ4n) is 1.33. The second-order valence-corrected chi connectivity index (χ2v) is 4.40. The van der Waals surface area contributed by atoms with Crippen molar-refractivity contribution in [3.05, 3.63) is 0 Å². The van der Waals surface area contributed by atoms with Gasteiger partial charge in [0.05, 0.1) is 19.6 Å². The van der Waals surface area contributed by atoms with Gasteiger partial charge < -0.3 is 15.2 Å². The van der Waals surface area contributed by atoms with Crippen LogP contribution in [-0.2, 0) is 9.53 Å². The quantitative estimate of drug-likeness (QED) is 0.533. The SMILES string of the molecule is CC(C)CCCCNCCOCCC(=O)O. The Balaban J connectivity index is 2.96. The van der Waals surface area contributed by atoms with Crippen LogP contribution in [0.2, 0.25) is 0 Å². The van der Waals surface area contributed by atoms with Crippen LogP contribution in [0.3, 0.4) is 0 Å². The van der Waals surface area contributed by atoms with Crippen molar-refractivity contribution in [2.75, 3.05) is 26.3 Å². The zero-order chi connectivity index (χ0) is 12.2.